The Morgan fingerprint density at radius 1 is 1.47 bits per heavy atom. The van der Waals surface area contributed by atoms with Crippen molar-refractivity contribution < 1.29 is 9.53 Å². The second-order valence-electron chi connectivity index (χ2n) is 3.95. The molecular weight excluding hydrogens is 236 g/mol. The number of carbonyl (C=O) groups excluding carboxylic acids is 1. The van der Waals surface area contributed by atoms with Gasteiger partial charge in [-0.1, -0.05) is 0 Å². The normalized spacial score (nSPS) is 15.8. The molecule has 92 valence electrons. The number of aromatic nitrogens is 1. The van der Waals surface area contributed by atoms with Crippen LogP contribution in [0.15, 0.2) is 12.3 Å². The number of carbonyl (C=O) groups is 1. The van der Waals surface area contributed by atoms with Gasteiger partial charge in [-0.05, 0) is 18.6 Å². The van der Waals surface area contributed by atoms with Gasteiger partial charge in [0.15, 0.2) is 5.69 Å². The molecule has 1 aliphatic heterocycles. The molecule has 1 aromatic rings. The molecule has 0 amide bonds. The predicted octanol–water partition coefficient (Wildman–Crippen LogP) is 1.73. The van der Waals surface area contributed by atoms with E-state index in [0.29, 0.717) is 5.69 Å². The standard InChI is InChI=1S/C12H16N2O2S/c1-9-7-10(14-3-5-17-6-4-14)8-13-11(9)12(15)16-2/h7-8H,3-6H2,1-2H3. The van der Waals surface area contributed by atoms with Crippen LogP contribution in [-0.4, -0.2) is 42.7 Å². The molecule has 0 aromatic carbocycles. The number of ether oxygens (including phenoxy) is 1. The van der Waals surface area contributed by atoms with Crippen molar-refractivity contribution >= 4 is 23.4 Å². The average Bonchev–Trinajstić information content (AvgIpc) is 2.39. The first-order valence-electron chi connectivity index (χ1n) is 5.60. The Hall–Kier alpha value is -1.23. The van der Waals surface area contributed by atoms with Crippen molar-refractivity contribution in [3.8, 4) is 0 Å². The summed E-state index contributed by atoms with van der Waals surface area (Å²) in [6.45, 7) is 3.98. The van der Waals surface area contributed by atoms with Crippen LogP contribution in [0.25, 0.3) is 0 Å². The third-order valence-electron chi connectivity index (χ3n) is 2.82. The maximum Gasteiger partial charge on any atom is 0.356 e. The van der Waals surface area contributed by atoms with Gasteiger partial charge in [-0.25, -0.2) is 9.78 Å². The van der Waals surface area contributed by atoms with Crippen molar-refractivity contribution in [3.63, 3.8) is 0 Å². The molecule has 0 aliphatic carbocycles. The van der Waals surface area contributed by atoms with E-state index in [1.807, 2.05) is 24.8 Å². The lowest BCUT2D eigenvalue weighted by Crippen LogP contribution is -2.32. The lowest BCUT2D eigenvalue weighted by Gasteiger charge is -2.28. The van der Waals surface area contributed by atoms with Crippen molar-refractivity contribution in [3.05, 3.63) is 23.5 Å². The molecule has 2 rings (SSSR count). The van der Waals surface area contributed by atoms with E-state index in [1.54, 1.807) is 6.20 Å². The Kier molecular flexibility index (Phi) is 3.89. The second-order valence-corrected chi connectivity index (χ2v) is 5.17. The third-order valence-corrected chi connectivity index (χ3v) is 3.76. The smallest absolute Gasteiger partial charge is 0.356 e. The molecule has 0 N–H and O–H groups in total. The number of thioether (sulfide) groups is 1. The molecule has 0 spiro atoms. The number of esters is 1. The lowest BCUT2D eigenvalue weighted by molar-refractivity contribution is 0.0593. The first-order valence-corrected chi connectivity index (χ1v) is 6.75. The van der Waals surface area contributed by atoms with Gasteiger partial charge in [0.1, 0.15) is 0 Å². The van der Waals surface area contributed by atoms with Gasteiger partial charge >= 0.3 is 5.97 Å². The minimum atomic E-state index is -0.372. The highest BCUT2D eigenvalue weighted by Crippen LogP contribution is 2.21. The van der Waals surface area contributed by atoms with Gasteiger partial charge in [-0.2, -0.15) is 11.8 Å². The lowest BCUT2D eigenvalue weighted by atomic mass is 10.2. The number of hydrogen-bond donors (Lipinski definition) is 0. The van der Waals surface area contributed by atoms with E-state index >= 15 is 0 Å². The first-order chi connectivity index (χ1) is 8.22. The van der Waals surface area contributed by atoms with Crippen molar-refractivity contribution in [1.29, 1.82) is 0 Å². The average molecular weight is 252 g/mol. The molecule has 2 heterocycles. The minimum Gasteiger partial charge on any atom is -0.464 e. The molecular formula is C12H16N2O2S. The fraction of sp³-hybridized carbons (Fsp3) is 0.500. The van der Waals surface area contributed by atoms with Gasteiger partial charge < -0.3 is 9.64 Å². The highest BCUT2D eigenvalue weighted by Gasteiger charge is 2.15. The highest BCUT2D eigenvalue weighted by molar-refractivity contribution is 7.99. The van der Waals surface area contributed by atoms with Crippen LogP contribution >= 0.6 is 11.8 Å². The minimum absolute atomic E-state index is 0.372. The van der Waals surface area contributed by atoms with Crippen LogP contribution < -0.4 is 4.90 Å². The molecule has 0 bridgehead atoms. The molecule has 0 radical (unpaired) electrons. The Bertz CT molecular complexity index is 417. The number of aryl methyl sites for hydroxylation is 1. The molecule has 1 saturated heterocycles. The number of nitrogens with zero attached hydrogens (tertiary/aromatic N) is 2. The topological polar surface area (TPSA) is 42.4 Å². The van der Waals surface area contributed by atoms with Crippen LogP contribution in [0.2, 0.25) is 0 Å². The van der Waals surface area contributed by atoms with Crippen molar-refractivity contribution in [2.45, 2.75) is 6.92 Å². The monoisotopic (exact) mass is 252 g/mol. The number of hydrogen-bond acceptors (Lipinski definition) is 5. The summed E-state index contributed by atoms with van der Waals surface area (Å²) in [5.74, 6) is 1.93. The van der Waals surface area contributed by atoms with Gasteiger partial charge in [-0.15, -0.1) is 0 Å². The maximum atomic E-state index is 11.4. The molecule has 1 aliphatic rings. The van der Waals surface area contributed by atoms with Gasteiger partial charge in [0.25, 0.3) is 0 Å². The molecule has 4 nitrogen and oxygen atoms in total. The zero-order chi connectivity index (χ0) is 12.3. The van der Waals surface area contributed by atoms with E-state index < -0.39 is 0 Å². The van der Waals surface area contributed by atoms with Crippen LogP contribution in [0, 0.1) is 6.92 Å². The van der Waals surface area contributed by atoms with Crippen molar-refractivity contribution in [2.75, 3.05) is 36.6 Å². The van der Waals surface area contributed by atoms with Crippen molar-refractivity contribution in [2.24, 2.45) is 0 Å². The summed E-state index contributed by atoms with van der Waals surface area (Å²) in [4.78, 5) is 17.9. The molecule has 0 unspecified atom stereocenters. The number of rotatable bonds is 2. The molecule has 1 aromatic heterocycles. The predicted molar refractivity (Wildman–Crippen MR) is 69.9 cm³/mol. The molecule has 5 heteroatoms. The Morgan fingerprint density at radius 3 is 2.76 bits per heavy atom. The van der Waals surface area contributed by atoms with Crippen LogP contribution in [-0.2, 0) is 4.74 Å². The fourth-order valence-electron chi connectivity index (χ4n) is 1.86. The molecule has 1 fully saturated rings. The molecule has 17 heavy (non-hydrogen) atoms. The first kappa shape index (κ1) is 12.2. The Balaban J connectivity index is 2.20. The summed E-state index contributed by atoms with van der Waals surface area (Å²) in [5.41, 5.74) is 2.37. The Labute approximate surface area is 105 Å². The summed E-state index contributed by atoms with van der Waals surface area (Å²) in [7, 11) is 1.37. The van der Waals surface area contributed by atoms with E-state index in [4.69, 9.17) is 0 Å². The summed E-state index contributed by atoms with van der Waals surface area (Å²) in [5, 5.41) is 0. The number of pyridine rings is 1. The van der Waals surface area contributed by atoms with Gasteiger partial charge in [0.2, 0.25) is 0 Å². The van der Waals surface area contributed by atoms with E-state index in [2.05, 4.69) is 14.6 Å². The van der Waals surface area contributed by atoms with E-state index in [9.17, 15) is 4.79 Å². The third kappa shape index (κ3) is 2.72. The number of methoxy groups -OCH3 is 1. The summed E-state index contributed by atoms with van der Waals surface area (Å²) < 4.78 is 4.68. The summed E-state index contributed by atoms with van der Waals surface area (Å²) >= 11 is 1.97. The van der Waals surface area contributed by atoms with Crippen LogP contribution in [0.5, 0.6) is 0 Å². The zero-order valence-electron chi connectivity index (χ0n) is 10.1. The quantitative estimate of drug-likeness (QED) is 0.750. The molecule has 0 saturated carbocycles. The van der Waals surface area contributed by atoms with Crippen LogP contribution in [0.3, 0.4) is 0 Å². The van der Waals surface area contributed by atoms with E-state index in [1.165, 1.54) is 7.11 Å². The molecule has 0 atom stereocenters. The van der Waals surface area contributed by atoms with Crippen LogP contribution in [0.1, 0.15) is 16.1 Å². The van der Waals surface area contributed by atoms with E-state index in [-0.39, 0.29) is 5.97 Å². The van der Waals surface area contributed by atoms with Gasteiger partial charge in [-0.3, -0.25) is 0 Å². The van der Waals surface area contributed by atoms with Gasteiger partial charge in [0, 0.05) is 24.6 Å². The number of anilines is 1. The summed E-state index contributed by atoms with van der Waals surface area (Å²) in [6, 6.07) is 2.01. The Morgan fingerprint density at radius 2 is 2.18 bits per heavy atom. The fourth-order valence-corrected chi connectivity index (χ4v) is 2.77. The zero-order valence-corrected chi connectivity index (χ0v) is 10.9. The largest absolute Gasteiger partial charge is 0.464 e. The second kappa shape index (κ2) is 5.40. The van der Waals surface area contributed by atoms with Gasteiger partial charge in [0.05, 0.1) is 19.0 Å². The SMILES string of the molecule is COC(=O)c1ncc(N2CCSCC2)cc1C. The van der Waals surface area contributed by atoms with Crippen molar-refractivity contribution in [1.82, 2.24) is 4.98 Å². The highest BCUT2D eigenvalue weighted by atomic mass is 32.2. The maximum absolute atomic E-state index is 11.4. The summed E-state index contributed by atoms with van der Waals surface area (Å²) in [6.07, 6.45) is 1.76. The van der Waals surface area contributed by atoms with E-state index in [0.717, 1.165) is 35.8 Å². The van der Waals surface area contributed by atoms with Crippen LogP contribution in [0.4, 0.5) is 5.69 Å².